The second kappa shape index (κ2) is 9.32. The van der Waals surface area contributed by atoms with Gasteiger partial charge in [-0.05, 0) is 47.2 Å². The number of rotatable bonds is 6. The molecule has 3 aromatic carbocycles. The number of amides is 1. The van der Waals surface area contributed by atoms with Crippen molar-refractivity contribution in [3.8, 4) is 0 Å². The molecular formula is C26H23NO4S. The smallest absolute Gasteiger partial charge is 0.337 e. The molecule has 0 unspecified atom stereocenters. The van der Waals surface area contributed by atoms with Crippen LogP contribution in [0.15, 0.2) is 89.5 Å². The highest BCUT2D eigenvalue weighted by atomic mass is 32.2. The minimum Gasteiger partial charge on any atom is -0.503 e. The van der Waals surface area contributed by atoms with E-state index in [0.717, 1.165) is 21.6 Å². The molecule has 0 aliphatic carbocycles. The van der Waals surface area contributed by atoms with Gasteiger partial charge < -0.3 is 14.7 Å². The van der Waals surface area contributed by atoms with Gasteiger partial charge in [-0.15, -0.1) is 11.8 Å². The maximum atomic E-state index is 13.2. The van der Waals surface area contributed by atoms with E-state index in [1.165, 1.54) is 7.11 Å². The number of thioether (sulfide) groups is 1. The SMILES string of the molecule is COC(=O)c1ccc([C@H]2C(c3ccccc3)=C(O)C(=O)N2Cc2ccc(SC)cc2)cc1. The number of methoxy groups -OCH3 is 1. The van der Waals surface area contributed by atoms with Crippen molar-refractivity contribution in [3.05, 3.63) is 107 Å². The van der Waals surface area contributed by atoms with Gasteiger partial charge in [-0.25, -0.2) is 4.79 Å². The minimum atomic E-state index is -0.489. The van der Waals surface area contributed by atoms with Crippen LogP contribution in [-0.4, -0.2) is 35.2 Å². The Morgan fingerprint density at radius 2 is 1.66 bits per heavy atom. The summed E-state index contributed by atoms with van der Waals surface area (Å²) in [6.45, 7) is 0.345. The molecule has 1 amide bonds. The second-order valence-corrected chi connectivity index (χ2v) is 8.31. The minimum absolute atomic E-state index is 0.251. The molecule has 5 nitrogen and oxygen atoms in total. The number of esters is 1. The lowest BCUT2D eigenvalue weighted by Gasteiger charge is -2.27. The molecule has 4 rings (SSSR count). The third-order valence-corrected chi connectivity index (χ3v) is 6.29. The number of carbonyl (C=O) groups is 2. The average molecular weight is 446 g/mol. The van der Waals surface area contributed by atoms with Crippen molar-refractivity contribution in [3.63, 3.8) is 0 Å². The highest BCUT2D eigenvalue weighted by Gasteiger charge is 2.41. The van der Waals surface area contributed by atoms with Crippen LogP contribution in [0.3, 0.4) is 0 Å². The van der Waals surface area contributed by atoms with Crippen LogP contribution in [0.25, 0.3) is 5.57 Å². The van der Waals surface area contributed by atoms with E-state index in [0.29, 0.717) is 17.7 Å². The van der Waals surface area contributed by atoms with Gasteiger partial charge in [0.25, 0.3) is 5.91 Å². The third-order valence-electron chi connectivity index (χ3n) is 5.55. The lowest BCUT2D eigenvalue weighted by Crippen LogP contribution is -2.29. The molecule has 32 heavy (non-hydrogen) atoms. The predicted octanol–water partition coefficient (Wildman–Crippen LogP) is 5.25. The Morgan fingerprint density at radius 1 is 1.00 bits per heavy atom. The number of nitrogens with zero attached hydrogens (tertiary/aromatic N) is 1. The Balaban J connectivity index is 1.76. The van der Waals surface area contributed by atoms with Gasteiger partial charge in [-0.2, -0.15) is 0 Å². The van der Waals surface area contributed by atoms with Crippen LogP contribution in [0.4, 0.5) is 0 Å². The highest BCUT2D eigenvalue weighted by molar-refractivity contribution is 7.98. The fourth-order valence-electron chi connectivity index (χ4n) is 3.92. The summed E-state index contributed by atoms with van der Waals surface area (Å²) in [4.78, 5) is 27.8. The normalized spacial score (nSPS) is 15.9. The summed E-state index contributed by atoms with van der Waals surface area (Å²) >= 11 is 1.66. The number of aliphatic hydroxyl groups is 1. The van der Waals surface area contributed by atoms with Crippen molar-refractivity contribution in [2.75, 3.05) is 13.4 Å². The van der Waals surface area contributed by atoms with Crippen molar-refractivity contribution in [2.24, 2.45) is 0 Å². The summed E-state index contributed by atoms with van der Waals surface area (Å²) in [7, 11) is 1.34. The van der Waals surface area contributed by atoms with E-state index in [4.69, 9.17) is 4.74 Å². The first-order valence-corrected chi connectivity index (χ1v) is 11.4. The lowest BCUT2D eigenvalue weighted by molar-refractivity contribution is -0.130. The van der Waals surface area contributed by atoms with Gasteiger partial charge >= 0.3 is 5.97 Å². The van der Waals surface area contributed by atoms with Gasteiger partial charge in [0.05, 0.1) is 18.7 Å². The van der Waals surface area contributed by atoms with Crippen LogP contribution in [0.5, 0.6) is 0 Å². The topological polar surface area (TPSA) is 66.8 Å². The van der Waals surface area contributed by atoms with E-state index in [2.05, 4.69) is 0 Å². The number of carbonyl (C=O) groups excluding carboxylic acids is 2. The van der Waals surface area contributed by atoms with Crippen molar-refractivity contribution in [1.29, 1.82) is 0 Å². The molecule has 0 radical (unpaired) electrons. The molecule has 6 heteroatoms. The first kappa shape index (κ1) is 21.7. The summed E-state index contributed by atoms with van der Waals surface area (Å²) in [6, 6.07) is 23.9. The summed E-state index contributed by atoms with van der Waals surface area (Å²) in [5.74, 6) is -1.09. The van der Waals surface area contributed by atoms with E-state index >= 15 is 0 Å². The first-order valence-electron chi connectivity index (χ1n) is 10.1. The first-order chi connectivity index (χ1) is 15.5. The lowest BCUT2D eigenvalue weighted by atomic mass is 9.93. The molecule has 0 fully saturated rings. The Bertz CT molecular complexity index is 1150. The van der Waals surface area contributed by atoms with Crippen molar-refractivity contribution in [1.82, 2.24) is 4.90 Å². The van der Waals surface area contributed by atoms with E-state index in [1.807, 2.05) is 60.9 Å². The van der Waals surface area contributed by atoms with Crippen molar-refractivity contribution >= 4 is 29.2 Å². The van der Waals surface area contributed by atoms with Crippen LogP contribution >= 0.6 is 11.8 Å². The zero-order valence-corrected chi connectivity index (χ0v) is 18.6. The Morgan fingerprint density at radius 3 is 2.25 bits per heavy atom. The summed E-state index contributed by atoms with van der Waals surface area (Å²) in [5.41, 5.74) is 3.53. The van der Waals surface area contributed by atoms with Crippen LogP contribution in [0.2, 0.25) is 0 Å². The monoisotopic (exact) mass is 445 g/mol. The summed E-state index contributed by atoms with van der Waals surface area (Å²) in [5, 5.41) is 10.9. The average Bonchev–Trinajstić information content (AvgIpc) is 3.09. The molecule has 0 bridgehead atoms. The Hall–Kier alpha value is -3.51. The number of aliphatic hydroxyl groups excluding tert-OH is 1. The Labute approximate surface area is 191 Å². The van der Waals surface area contributed by atoms with Gasteiger partial charge in [0.1, 0.15) is 0 Å². The van der Waals surface area contributed by atoms with Crippen molar-refractivity contribution in [2.45, 2.75) is 17.5 Å². The molecule has 1 heterocycles. The second-order valence-electron chi connectivity index (χ2n) is 7.43. The molecule has 0 saturated carbocycles. The maximum absolute atomic E-state index is 13.2. The van der Waals surface area contributed by atoms with E-state index < -0.39 is 17.9 Å². The number of benzene rings is 3. The van der Waals surface area contributed by atoms with Crippen LogP contribution in [0.1, 0.15) is 33.1 Å². The Kier molecular flexibility index (Phi) is 6.32. The van der Waals surface area contributed by atoms with Crippen molar-refractivity contribution < 1.29 is 19.4 Å². The quantitative estimate of drug-likeness (QED) is 0.415. The summed E-state index contributed by atoms with van der Waals surface area (Å²) < 4.78 is 4.79. The molecular weight excluding hydrogens is 422 g/mol. The molecule has 1 aliphatic heterocycles. The molecule has 162 valence electrons. The highest BCUT2D eigenvalue weighted by Crippen LogP contribution is 2.43. The molecule has 0 aromatic heterocycles. The number of hydrogen-bond donors (Lipinski definition) is 1. The van der Waals surface area contributed by atoms with E-state index in [-0.39, 0.29) is 5.76 Å². The van der Waals surface area contributed by atoms with E-state index in [1.54, 1.807) is 40.9 Å². The fraction of sp³-hybridized carbons (Fsp3) is 0.154. The van der Waals surface area contributed by atoms with Crippen LogP contribution in [0, 0.1) is 0 Å². The van der Waals surface area contributed by atoms with Crippen LogP contribution in [-0.2, 0) is 16.1 Å². The standard InChI is InChI=1S/C26H23NO4S/c1-31-26(30)20-12-10-19(11-13-20)23-22(18-6-4-3-5-7-18)24(28)25(29)27(23)16-17-8-14-21(32-2)15-9-17/h3-15,23,28H,16H2,1-2H3/t23-/m0/s1. The fourth-order valence-corrected chi connectivity index (χ4v) is 4.33. The van der Waals surface area contributed by atoms with Crippen LogP contribution < -0.4 is 0 Å². The zero-order valence-electron chi connectivity index (χ0n) is 17.8. The summed E-state index contributed by atoms with van der Waals surface area (Å²) in [6.07, 6.45) is 2.01. The molecule has 0 saturated heterocycles. The van der Waals surface area contributed by atoms with Gasteiger partial charge in [-0.3, -0.25) is 4.79 Å². The molecule has 1 N–H and O–H groups in total. The zero-order chi connectivity index (χ0) is 22.7. The van der Waals surface area contributed by atoms with Gasteiger partial charge in [0.2, 0.25) is 0 Å². The maximum Gasteiger partial charge on any atom is 0.337 e. The molecule has 1 atom stereocenters. The van der Waals surface area contributed by atoms with Gasteiger partial charge in [0, 0.05) is 17.0 Å². The number of hydrogen-bond acceptors (Lipinski definition) is 5. The molecule has 1 aliphatic rings. The largest absolute Gasteiger partial charge is 0.503 e. The molecule has 3 aromatic rings. The molecule has 0 spiro atoms. The van der Waals surface area contributed by atoms with E-state index in [9.17, 15) is 14.7 Å². The third kappa shape index (κ3) is 4.14. The van der Waals surface area contributed by atoms with Gasteiger partial charge in [-0.1, -0.05) is 54.6 Å². The van der Waals surface area contributed by atoms with Gasteiger partial charge in [0.15, 0.2) is 5.76 Å². The predicted molar refractivity (Wildman–Crippen MR) is 125 cm³/mol. The number of ether oxygens (including phenoxy) is 1.